The second-order valence-electron chi connectivity index (χ2n) is 1.19. The second-order valence-corrected chi connectivity index (χ2v) is 1.19. The lowest BCUT2D eigenvalue weighted by atomic mass is 10.5. The van der Waals surface area contributed by atoms with Crippen molar-refractivity contribution in [3.63, 3.8) is 0 Å². The van der Waals surface area contributed by atoms with Crippen molar-refractivity contribution in [2.24, 2.45) is 4.99 Å². The Balaban J connectivity index is 2.38. The lowest BCUT2D eigenvalue weighted by Gasteiger charge is -1.84. The van der Waals surface area contributed by atoms with Gasteiger partial charge < -0.3 is 4.74 Å². The molecule has 1 heterocycles. The molecule has 0 atom stereocenters. The molecule has 2 heteroatoms. The second kappa shape index (κ2) is 2.39. The Morgan fingerprint density at radius 2 is 2.71 bits per heavy atom. The predicted octanol–water partition coefficient (Wildman–Crippen LogP) is 0.404. The van der Waals surface area contributed by atoms with Crippen LogP contribution in [0.25, 0.3) is 0 Å². The van der Waals surface area contributed by atoms with E-state index in [1.165, 1.54) is 6.40 Å². The number of hydrogen-bond donors (Lipinski definition) is 0. The van der Waals surface area contributed by atoms with Gasteiger partial charge in [-0.05, 0) is 12.2 Å². The van der Waals surface area contributed by atoms with E-state index < -0.39 is 0 Å². The third kappa shape index (κ3) is 1.39. The molecule has 1 aliphatic rings. The fourth-order valence-corrected chi connectivity index (χ4v) is 0.357. The van der Waals surface area contributed by atoms with E-state index in [1.54, 1.807) is 0 Å². The lowest BCUT2D eigenvalue weighted by Crippen LogP contribution is -1.82. The molecule has 37 valence electrons. The van der Waals surface area contributed by atoms with Gasteiger partial charge in [-0.1, -0.05) is 0 Å². The Hall–Kier alpha value is -0.790. The van der Waals surface area contributed by atoms with Crippen LogP contribution in [0.1, 0.15) is 0 Å². The monoisotopic (exact) mass is 96.0 g/mol. The van der Waals surface area contributed by atoms with Crippen LogP contribution in [-0.2, 0) is 4.74 Å². The fraction of sp³-hybridized carbons (Fsp3) is 0.400. The van der Waals surface area contributed by atoms with Gasteiger partial charge in [0, 0.05) is 0 Å². The van der Waals surface area contributed by atoms with Gasteiger partial charge in [-0.2, -0.15) is 0 Å². The molecule has 7 heavy (non-hydrogen) atoms. The molecule has 0 aromatic carbocycles. The van der Waals surface area contributed by atoms with Gasteiger partial charge in [-0.3, -0.25) is 4.99 Å². The minimum absolute atomic E-state index is 0.615. The fourth-order valence-electron chi connectivity index (χ4n) is 0.357. The number of aliphatic imine (C=N–C) groups is 1. The van der Waals surface area contributed by atoms with Crippen LogP contribution in [0.5, 0.6) is 0 Å². The molecule has 0 aliphatic carbocycles. The van der Waals surface area contributed by atoms with Gasteiger partial charge in [0.1, 0.15) is 6.61 Å². The van der Waals surface area contributed by atoms with Crippen LogP contribution in [0.15, 0.2) is 11.1 Å². The molecule has 0 unspecified atom stereocenters. The molecule has 0 amide bonds. The van der Waals surface area contributed by atoms with Crippen molar-refractivity contribution >= 4 is 6.40 Å². The van der Waals surface area contributed by atoms with E-state index in [0.717, 1.165) is 0 Å². The molecule has 1 rings (SSSR count). The smallest absolute Gasteiger partial charge is 0.170 e. The molecule has 0 spiro atoms. The van der Waals surface area contributed by atoms with Crippen LogP contribution in [0.3, 0.4) is 0 Å². The summed E-state index contributed by atoms with van der Waals surface area (Å²) in [6.45, 7) is 1.25. The normalized spacial score (nSPS) is 18.3. The first-order chi connectivity index (χ1) is 3.50. The van der Waals surface area contributed by atoms with Crippen LogP contribution >= 0.6 is 0 Å². The van der Waals surface area contributed by atoms with Crippen molar-refractivity contribution in [2.45, 2.75) is 0 Å². The van der Waals surface area contributed by atoms with Crippen LogP contribution in [0.2, 0.25) is 0 Å². The SMILES string of the molecule is [C]1=CCOC=NC1. The summed E-state index contributed by atoms with van der Waals surface area (Å²) in [5, 5.41) is 0. The molecule has 0 saturated heterocycles. The summed E-state index contributed by atoms with van der Waals surface area (Å²) < 4.78 is 4.78. The minimum Gasteiger partial charge on any atom is -0.479 e. The van der Waals surface area contributed by atoms with Crippen molar-refractivity contribution < 1.29 is 4.74 Å². The first-order valence-corrected chi connectivity index (χ1v) is 2.15. The van der Waals surface area contributed by atoms with E-state index in [-0.39, 0.29) is 0 Å². The first kappa shape index (κ1) is 4.37. The Morgan fingerprint density at radius 1 is 1.71 bits per heavy atom. The Bertz CT molecular complexity index is 84.3. The minimum atomic E-state index is 0.615. The van der Waals surface area contributed by atoms with Crippen LogP contribution in [-0.4, -0.2) is 19.6 Å². The third-order valence-electron chi connectivity index (χ3n) is 0.656. The molecule has 0 saturated carbocycles. The summed E-state index contributed by atoms with van der Waals surface area (Å²) in [4.78, 5) is 3.78. The maximum atomic E-state index is 4.78. The Morgan fingerprint density at radius 3 is 3.71 bits per heavy atom. The largest absolute Gasteiger partial charge is 0.479 e. The molecular formula is C5H6NO. The maximum Gasteiger partial charge on any atom is 0.170 e. The molecular weight excluding hydrogens is 90.1 g/mol. The van der Waals surface area contributed by atoms with Crippen molar-refractivity contribution in [1.29, 1.82) is 0 Å². The number of hydrogen-bond acceptors (Lipinski definition) is 2. The summed E-state index contributed by atoms with van der Waals surface area (Å²) in [6, 6.07) is 0. The average Bonchev–Trinajstić information content (AvgIpc) is 1.90. The van der Waals surface area contributed by atoms with Gasteiger partial charge in [0.15, 0.2) is 6.40 Å². The quantitative estimate of drug-likeness (QED) is 0.428. The Labute approximate surface area is 42.5 Å². The zero-order valence-corrected chi connectivity index (χ0v) is 3.92. The molecule has 1 aliphatic heterocycles. The number of nitrogens with zero attached hydrogens (tertiary/aromatic N) is 1. The molecule has 2 nitrogen and oxygen atoms in total. The highest BCUT2D eigenvalue weighted by molar-refractivity contribution is 5.46. The predicted molar refractivity (Wildman–Crippen MR) is 27.1 cm³/mol. The molecule has 1 radical (unpaired) electrons. The summed E-state index contributed by atoms with van der Waals surface area (Å²) in [5.74, 6) is 0. The first-order valence-electron chi connectivity index (χ1n) is 2.15. The van der Waals surface area contributed by atoms with Crippen molar-refractivity contribution in [2.75, 3.05) is 13.2 Å². The van der Waals surface area contributed by atoms with Crippen molar-refractivity contribution in [3.05, 3.63) is 12.2 Å². The van der Waals surface area contributed by atoms with E-state index in [9.17, 15) is 0 Å². The summed E-state index contributed by atoms with van der Waals surface area (Å²) in [5.41, 5.74) is 0. The summed E-state index contributed by atoms with van der Waals surface area (Å²) in [6.07, 6.45) is 6.18. The topological polar surface area (TPSA) is 21.6 Å². The number of rotatable bonds is 0. The van der Waals surface area contributed by atoms with Gasteiger partial charge in [-0.15, -0.1) is 0 Å². The maximum absolute atomic E-state index is 4.78. The van der Waals surface area contributed by atoms with E-state index in [4.69, 9.17) is 4.74 Å². The summed E-state index contributed by atoms with van der Waals surface area (Å²) >= 11 is 0. The van der Waals surface area contributed by atoms with E-state index in [0.29, 0.717) is 13.2 Å². The van der Waals surface area contributed by atoms with Gasteiger partial charge in [0.25, 0.3) is 0 Å². The highest BCUT2D eigenvalue weighted by Crippen LogP contribution is 1.80. The molecule has 0 N–H and O–H groups in total. The molecule has 0 bridgehead atoms. The van der Waals surface area contributed by atoms with Crippen molar-refractivity contribution in [1.82, 2.24) is 0 Å². The molecule has 0 fully saturated rings. The van der Waals surface area contributed by atoms with Crippen LogP contribution < -0.4 is 0 Å². The molecule has 0 aromatic rings. The highest BCUT2D eigenvalue weighted by Gasteiger charge is 1.79. The van der Waals surface area contributed by atoms with E-state index >= 15 is 0 Å². The van der Waals surface area contributed by atoms with Gasteiger partial charge in [0.2, 0.25) is 0 Å². The zero-order chi connectivity index (χ0) is 4.95. The standard InChI is InChI=1S/C5H6NO/c1-2-4-7-5-6-3-1/h2,5H,3-4H2. The third-order valence-corrected chi connectivity index (χ3v) is 0.656. The van der Waals surface area contributed by atoms with Crippen LogP contribution in [0.4, 0.5) is 0 Å². The Kier molecular flexibility index (Phi) is 1.50. The molecule has 0 aromatic heterocycles. The van der Waals surface area contributed by atoms with Gasteiger partial charge in [0.05, 0.1) is 6.54 Å². The average molecular weight is 96.1 g/mol. The van der Waals surface area contributed by atoms with E-state index in [2.05, 4.69) is 11.1 Å². The van der Waals surface area contributed by atoms with Crippen molar-refractivity contribution in [3.8, 4) is 0 Å². The number of ether oxygens (including phenoxy) is 1. The summed E-state index contributed by atoms with van der Waals surface area (Å²) in [7, 11) is 0. The highest BCUT2D eigenvalue weighted by atomic mass is 16.5. The van der Waals surface area contributed by atoms with Gasteiger partial charge in [-0.25, -0.2) is 0 Å². The van der Waals surface area contributed by atoms with E-state index in [1.807, 2.05) is 6.08 Å². The zero-order valence-electron chi connectivity index (χ0n) is 3.92. The van der Waals surface area contributed by atoms with Gasteiger partial charge >= 0.3 is 0 Å². The van der Waals surface area contributed by atoms with Crippen LogP contribution in [0, 0.1) is 6.08 Å². The lowest BCUT2D eigenvalue weighted by molar-refractivity contribution is 0.369.